The highest BCUT2D eigenvalue weighted by molar-refractivity contribution is 5.83. The minimum Gasteiger partial charge on any atom is -0.480 e. The molecule has 0 radical (unpaired) electrons. The minimum absolute atomic E-state index is 0.0175. The van der Waals surface area contributed by atoms with E-state index in [0.717, 1.165) is 19.3 Å². The van der Waals surface area contributed by atoms with Gasteiger partial charge in [-0.2, -0.15) is 4.98 Å². The van der Waals surface area contributed by atoms with Crippen molar-refractivity contribution in [2.75, 3.05) is 13.1 Å². The number of amides is 1. The van der Waals surface area contributed by atoms with Crippen molar-refractivity contribution in [3.8, 4) is 0 Å². The van der Waals surface area contributed by atoms with E-state index in [2.05, 4.69) is 22.4 Å². The molecule has 0 bridgehead atoms. The lowest BCUT2D eigenvalue weighted by molar-refractivity contribution is -0.146. The molecule has 8 heteroatoms. The third-order valence-electron chi connectivity index (χ3n) is 3.17. The summed E-state index contributed by atoms with van der Waals surface area (Å²) in [6, 6.07) is -0.765. The van der Waals surface area contributed by atoms with Gasteiger partial charge in [-0.1, -0.05) is 18.5 Å². The largest absolute Gasteiger partial charge is 0.480 e. The van der Waals surface area contributed by atoms with E-state index >= 15 is 0 Å². The quantitative estimate of drug-likeness (QED) is 0.743. The molecular formula is C12H18N4O4. The highest BCUT2D eigenvalue weighted by atomic mass is 16.5. The van der Waals surface area contributed by atoms with E-state index in [0.29, 0.717) is 11.7 Å². The molecular weight excluding hydrogens is 264 g/mol. The summed E-state index contributed by atoms with van der Waals surface area (Å²) in [5.74, 6) is -0.212. The Kier molecular flexibility index (Phi) is 4.67. The molecule has 1 aromatic rings. The molecule has 2 heterocycles. The van der Waals surface area contributed by atoms with E-state index in [1.165, 1.54) is 4.90 Å². The van der Waals surface area contributed by atoms with Gasteiger partial charge in [-0.05, 0) is 6.42 Å². The Morgan fingerprint density at radius 1 is 1.60 bits per heavy atom. The number of rotatable bonds is 6. The van der Waals surface area contributed by atoms with Gasteiger partial charge in [0.15, 0.2) is 5.82 Å². The van der Waals surface area contributed by atoms with E-state index in [1.54, 1.807) is 0 Å². The summed E-state index contributed by atoms with van der Waals surface area (Å²) in [5, 5.41) is 15.5. The first-order valence-electron chi connectivity index (χ1n) is 6.65. The van der Waals surface area contributed by atoms with Gasteiger partial charge in [-0.25, -0.2) is 0 Å². The Balaban J connectivity index is 2.00. The summed E-state index contributed by atoms with van der Waals surface area (Å²) in [6.45, 7) is 2.35. The molecule has 1 fully saturated rings. The second kappa shape index (κ2) is 6.47. The predicted octanol–water partition coefficient (Wildman–Crippen LogP) is -0.203. The summed E-state index contributed by atoms with van der Waals surface area (Å²) in [5.41, 5.74) is 0. The number of piperazine rings is 1. The Hall–Kier alpha value is -1.96. The molecule has 0 aliphatic carbocycles. The Labute approximate surface area is 116 Å². The number of hydrogen-bond donors (Lipinski definition) is 2. The molecule has 0 saturated carbocycles. The Bertz CT molecular complexity index is 488. The molecule has 2 rings (SSSR count). The number of aryl methyl sites for hydroxylation is 1. The Morgan fingerprint density at radius 3 is 3.10 bits per heavy atom. The first kappa shape index (κ1) is 14.4. The van der Waals surface area contributed by atoms with E-state index in [1.807, 2.05) is 0 Å². The summed E-state index contributed by atoms with van der Waals surface area (Å²) in [4.78, 5) is 28.3. The van der Waals surface area contributed by atoms with Crippen LogP contribution in [0.1, 0.15) is 31.5 Å². The predicted molar refractivity (Wildman–Crippen MR) is 67.8 cm³/mol. The van der Waals surface area contributed by atoms with Gasteiger partial charge in [0.05, 0.1) is 13.1 Å². The van der Waals surface area contributed by atoms with Crippen LogP contribution in [0, 0.1) is 0 Å². The fourth-order valence-corrected chi connectivity index (χ4v) is 2.06. The SMILES string of the molecule is CCCCc1noc(CN2CC(=O)NCC2C(=O)O)n1. The first-order valence-corrected chi connectivity index (χ1v) is 6.65. The second-order valence-corrected chi connectivity index (χ2v) is 4.77. The Morgan fingerprint density at radius 2 is 2.40 bits per heavy atom. The first-order chi connectivity index (χ1) is 9.60. The van der Waals surface area contributed by atoms with Crippen LogP contribution in [0.15, 0.2) is 4.52 Å². The van der Waals surface area contributed by atoms with Gasteiger partial charge in [-0.3, -0.25) is 14.5 Å². The molecule has 8 nitrogen and oxygen atoms in total. The molecule has 1 aromatic heterocycles. The van der Waals surface area contributed by atoms with Crippen molar-refractivity contribution in [1.82, 2.24) is 20.4 Å². The van der Waals surface area contributed by atoms with Crippen LogP contribution in [0.4, 0.5) is 0 Å². The molecule has 20 heavy (non-hydrogen) atoms. The van der Waals surface area contributed by atoms with Crippen LogP contribution in [-0.4, -0.2) is 51.2 Å². The lowest BCUT2D eigenvalue weighted by Crippen LogP contribution is -2.56. The van der Waals surface area contributed by atoms with Crippen LogP contribution in [0.5, 0.6) is 0 Å². The lowest BCUT2D eigenvalue weighted by atomic mass is 10.2. The van der Waals surface area contributed by atoms with Crippen LogP contribution >= 0.6 is 0 Å². The van der Waals surface area contributed by atoms with Crippen molar-refractivity contribution in [2.45, 2.75) is 38.8 Å². The van der Waals surface area contributed by atoms with Gasteiger partial charge in [0.1, 0.15) is 6.04 Å². The number of nitrogens with zero attached hydrogens (tertiary/aromatic N) is 3. The molecule has 1 aliphatic rings. The summed E-state index contributed by atoms with van der Waals surface area (Å²) >= 11 is 0. The molecule has 1 saturated heterocycles. The molecule has 0 spiro atoms. The lowest BCUT2D eigenvalue weighted by Gasteiger charge is -2.31. The van der Waals surface area contributed by atoms with E-state index in [4.69, 9.17) is 9.63 Å². The van der Waals surface area contributed by atoms with Crippen LogP contribution in [0.2, 0.25) is 0 Å². The monoisotopic (exact) mass is 282 g/mol. The number of aliphatic carboxylic acids is 1. The van der Waals surface area contributed by atoms with Crippen molar-refractivity contribution < 1.29 is 19.2 Å². The smallest absolute Gasteiger partial charge is 0.322 e. The third kappa shape index (κ3) is 3.53. The fraction of sp³-hybridized carbons (Fsp3) is 0.667. The van der Waals surface area contributed by atoms with Crippen LogP contribution < -0.4 is 5.32 Å². The molecule has 110 valence electrons. The maximum Gasteiger partial charge on any atom is 0.322 e. The van der Waals surface area contributed by atoms with E-state index < -0.39 is 12.0 Å². The van der Waals surface area contributed by atoms with Crippen molar-refractivity contribution in [3.05, 3.63) is 11.7 Å². The molecule has 2 N–H and O–H groups in total. The van der Waals surface area contributed by atoms with Crippen molar-refractivity contribution >= 4 is 11.9 Å². The zero-order valence-corrected chi connectivity index (χ0v) is 11.3. The van der Waals surface area contributed by atoms with E-state index in [-0.39, 0.29) is 25.5 Å². The van der Waals surface area contributed by atoms with Crippen LogP contribution in [0.25, 0.3) is 0 Å². The number of aromatic nitrogens is 2. The number of carbonyl (C=O) groups excluding carboxylic acids is 1. The minimum atomic E-state index is -0.976. The maximum absolute atomic E-state index is 11.4. The molecule has 1 unspecified atom stereocenters. The number of carbonyl (C=O) groups is 2. The number of carboxylic acid groups (broad SMARTS) is 1. The summed E-state index contributed by atoms with van der Waals surface area (Å²) in [6.07, 6.45) is 2.75. The van der Waals surface area contributed by atoms with Crippen LogP contribution in [-0.2, 0) is 22.6 Å². The van der Waals surface area contributed by atoms with Crippen LogP contribution in [0.3, 0.4) is 0 Å². The standard InChI is InChI=1S/C12H18N4O4/c1-2-3-4-9-14-11(20-15-9)7-16-6-10(17)13-5-8(16)12(18)19/h8H,2-7H2,1H3,(H,13,17)(H,18,19). The highest BCUT2D eigenvalue weighted by Crippen LogP contribution is 2.11. The highest BCUT2D eigenvalue weighted by Gasteiger charge is 2.32. The molecule has 0 aromatic carbocycles. The molecule has 1 aliphatic heterocycles. The average molecular weight is 282 g/mol. The zero-order chi connectivity index (χ0) is 14.5. The number of nitrogens with one attached hydrogen (secondary N) is 1. The summed E-state index contributed by atoms with van der Waals surface area (Å²) in [7, 11) is 0. The number of unbranched alkanes of at least 4 members (excludes halogenated alkanes) is 1. The third-order valence-corrected chi connectivity index (χ3v) is 3.17. The summed E-state index contributed by atoms with van der Waals surface area (Å²) < 4.78 is 5.10. The zero-order valence-electron chi connectivity index (χ0n) is 11.3. The van der Waals surface area contributed by atoms with Crippen molar-refractivity contribution in [1.29, 1.82) is 0 Å². The normalized spacial score (nSPS) is 19.9. The molecule has 1 amide bonds. The topological polar surface area (TPSA) is 109 Å². The second-order valence-electron chi connectivity index (χ2n) is 4.77. The number of carboxylic acids is 1. The fourth-order valence-electron chi connectivity index (χ4n) is 2.06. The average Bonchev–Trinajstić information content (AvgIpc) is 2.83. The van der Waals surface area contributed by atoms with Crippen molar-refractivity contribution in [3.63, 3.8) is 0 Å². The number of hydrogen-bond acceptors (Lipinski definition) is 6. The maximum atomic E-state index is 11.4. The van der Waals surface area contributed by atoms with Gasteiger partial charge in [-0.15, -0.1) is 0 Å². The van der Waals surface area contributed by atoms with Gasteiger partial charge >= 0.3 is 5.97 Å². The van der Waals surface area contributed by atoms with E-state index in [9.17, 15) is 9.59 Å². The van der Waals surface area contributed by atoms with Gasteiger partial charge in [0.25, 0.3) is 0 Å². The van der Waals surface area contributed by atoms with Gasteiger partial charge in [0.2, 0.25) is 11.8 Å². The van der Waals surface area contributed by atoms with Gasteiger partial charge < -0.3 is 14.9 Å². The van der Waals surface area contributed by atoms with Crippen molar-refractivity contribution in [2.24, 2.45) is 0 Å². The molecule has 1 atom stereocenters. The van der Waals surface area contributed by atoms with Gasteiger partial charge in [0, 0.05) is 13.0 Å².